The van der Waals surface area contributed by atoms with Crippen LogP contribution in [0.1, 0.15) is 23.3 Å². The maximum absolute atomic E-state index is 10.6. The molecule has 2 N–H and O–H groups in total. The molecule has 3 aromatic carbocycles. The SMILES string of the molecule is O[C@@H]1[C@@H]2O[C@@H]2c2c(c3ccccc3c3ccccc23)[C@H]1O. The summed E-state index contributed by atoms with van der Waals surface area (Å²) < 4.78 is 5.63. The third-order valence-electron chi connectivity index (χ3n) is 4.78. The van der Waals surface area contributed by atoms with E-state index in [4.69, 9.17) is 4.74 Å². The Balaban J connectivity index is 2.03. The number of epoxide rings is 1. The second kappa shape index (κ2) is 3.83. The minimum atomic E-state index is -0.891. The molecule has 0 bridgehead atoms. The van der Waals surface area contributed by atoms with Gasteiger partial charge in [0.15, 0.2) is 0 Å². The average molecular weight is 278 g/mol. The number of hydrogen-bond donors (Lipinski definition) is 2. The number of fused-ring (bicyclic) bond motifs is 8. The first-order valence-corrected chi connectivity index (χ1v) is 7.22. The highest BCUT2D eigenvalue weighted by atomic mass is 16.6. The molecular formula is C18H14O3. The van der Waals surface area contributed by atoms with E-state index in [0.717, 1.165) is 27.3 Å². The molecule has 104 valence electrons. The fraction of sp³-hybridized carbons (Fsp3) is 0.222. The summed E-state index contributed by atoms with van der Waals surface area (Å²) in [7, 11) is 0. The van der Waals surface area contributed by atoms with Crippen LogP contribution in [0, 0.1) is 0 Å². The summed E-state index contributed by atoms with van der Waals surface area (Å²) in [6.45, 7) is 0. The van der Waals surface area contributed by atoms with Gasteiger partial charge in [-0.25, -0.2) is 0 Å². The molecule has 1 heterocycles. The molecule has 0 aromatic heterocycles. The van der Waals surface area contributed by atoms with Gasteiger partial charge in [-0.05, 0) is 32.7 Å². The van der Waals surface area contributed by atoms with Gasteiger partial charge in [-0.15, -0.1) is 0 Å². The molecule has 5 rings (SSSR count). The summed E-state index contributed by atoms with van der Waals surface area (Å²) in [5.74, 6) is 0. The lowest BCUT2D eigenvalue weighted by Gasteiger charge is -2.26. The first-order chi connectivity index (χ1) is 10.3. The maximum Gasteiger partial charge on any atom is 0.118 e. The first-order valence-electron chi connectivity index (χ1n) is 7.22. The zero-order valence-corrected chi connectivity index (χ0v) is 11.2. The van der Waals surface area contributed by atoms with Gasteiger partial charge in [-0.2, -0.15) is 0 Å². The lowest BCUT2D eigenvalue weighted by Crippen LogP contribution is -2.29. The van der Waals surface area contributed by atoms with Gasteiger partial charge in [0.1, 0.15) is 24.4 Å². The Hall–Kier alpha value is -1.94. The molecule has 3 aromatic rings. The molecule has 1 saturated heterocycles. The van der Waals surface area contributed by atoms with Crippen LogP contribution in [-0.4, -0.2) is 22.4 Å². The van der Waals surface area contributed by atoms with E-state index in [-0.39, 0.29) is 12.2 Å². The van der Waals surface area contributed by atoms with Crippen molar-refractivity contribution < 1.29 is 14.9 Å². The van der Waals surface area contributed by atoms with Crippen molar-refractivity contribution >= 4 is 21.5 Å². The monoisotopic (exact) mass is 278 g/mol. The van der Waals surface area contributed by atoms with Crippen LogP contribution in [0.25, 0.3) is 21.5 Å². The molecule has 0 saturated carbocycles. The highest BCUT2D eigenvalue weighted by Gasteiger charge is 2.54. The Kier molecular flexibility index (Phi) is 2.13. The van der Waals surface area contributed by atoms with Gasteiger partial charge in [-0.1, -0.05) is 48.5 Å². The normalized spacial score (nSPS) is 30.2. The molecule has 3 heteroatoms. The second-order valence-corrected chi connectivity index (χ2v) is 5.88. The van der Waals surface area contributed by atoms with E-state index in [9.17, 15) is 10.2 Å². The van der Waals surface area contributed by atoms with Gasteiger partial charge in [0, 0.05) is 0 Å². The maximum atomic E-state index is 10.6. The number of aliphatic hydroxyl groups is 2. The van der Waals surface area contributed by atoms with E-state index in [1.807, 2.05) is 30.3 Å². The molecule has 1 fully saturated rings. The average Bonchev–Trinajstić information content (AvgIpc) is 3.32. The number of hydrogen-bond acceptors (Lipinski definition) is 3. The van der Waals surface area contributed by atoms with Crippen molar-refractivity contribution in [3.63, 3.8) is 0 Å². The molecule has 1 aliphatic carbocycles. The highest BCUT2D eigenvalue weighted by molar-refractivity contribution is 6.11. The molecule has 21 heavy (non-hydrogen) atoms. The quantitative estimate of drug-likeness (QED) is 0.491. The lowest BCUT2D eigenvalue weighted by atomic mass is 9.81. The Labute approximate surface area is 121 Å². The summed E-state index contributed by atoms with van der Waals surface area (Å²) >= 11 is 0. The van der Waals surface area contributed by atoms with Crippen LogP contribution in [0.15, 0.2) is 48.5 Å². The van der Waals surface area contributed by atoms with Crippen molar-refractivity contribution in [2.45, 2.75) is 24.4 Å². The molecule has 3 nitrogen and oxygen atoms in total. The Bertz CT molecular complexity index is 886. The predicted molar refractivity (Wildman–Crippen MR) is 80.0 cm³/mol. The van der Waals surface area contributed by atoms with Crippen molar-refractivity contribution in [1.29, 1.82) is 0 Å². The van der Waals surface area contributed by atoms with Gasteiger partial charge in [0.25, 0.3) is 0 Å². The van der Waals surface area contributed by atoms with Crippen LogP contribution in [0.3, 0.4) is 0 Å². The highest BCUT2D eigenvalue weighted by Crippen LogP contribution is 2.54. The minimum Gasteiger partial charge on any atom is -0.387 e. The van der Waals surface area contributed by atoms with Gasteiger partial charge in [0.2, 0.25) is 0 Å². The number of ether oxygens (including phenoxy) is 1. The van der Waals surface area contributed by atoms with Crippen LogP contribution in [0.5, 0.6) is 0 Å². The largest absolute Gasteiger partial charge is 0.387 e. The van der Waals surface area contributed by atoms with Crippen molar-refractivity contribution in [3.8, 4) is 0 Å². The number of rotatable bonds is 0. The van der Waals surface area contributed by atoms with Crippen molar-refractivity contribution in [3.05, 3.63) is 59.7 Å². The van der Waals surface area contributed by atoms with E-state index < -0.39 is 12.2 Å². The van der Waals surface area contributed by atoms with E-state index in [2.05, 4.69) is 18.2 Å². The van der Waals surface area contributed by atoms with Crippen LogP contribution in [0.2, 0.25) is 0 Å². The van der Waals surface area contributed by atoms with Gasteiger partial charge < -0.3 is 14.9 Å². The van der Waals surface area contributed by atoms with Gasteiger partial charge in [0.05, 0.1) is 0 Å². The first kappa shape index (κ1) is 11.7. The van der Waals surface area contributed by atoms with Crippen LogP contribution >= 0.6 is 0 Å². The third-order valence-corrected chi connectivity index (χ3v) is 4.78. The van der Waals surface area contributed by atoms with Crippen LogP contribution in [-0.2, 0) is 4.74 Å². The Morgan fingerprint density at radius 3 is 1.86 bits per heavy atom. The molecule has 2 aliphatic rings. The summed E-state index contributed by atoms with van der Waals surface area (Å²) in [5, 5.41) is 25.1. The van der Waals surface area contributed by atoms with E-state index in [1.54, 1.807) is 0 Å². The summed E-state index contributed by atoms with van der Waals surface area (Å²) in [6.07, 6.45) is -2.09. The lowest BCUT2D eigenvalue weighted by molar-refractivity contribution is 0.000927. The molecule has 0 amide bonds. The molecule has 0 spiro atoms. The molecule has 0 radical (unpaired) electrons. The predicted octanol–water partition coefficient (Wildman–Crippen LogP) is 2.84. The number of benzene rings is 3. The van der Waals surface area contributed by atoms with E-state index >= 15 is 0 Å². The third kappa shape index (κ3) is 1.38. The van der Waals surface area contributed by atoms with Crippen LogP contribution in [0.4, 0.5) is 0 Å². The van der Waals surface area contributed by atoms with Gasteiger partial charge >= 0.3 is 0 Å². The molecule has 4 atom stereocenters. The Morgan fingerprint density at radius 2 is 1.24 bits per heavy atom. The standard InChI is InChI=1S/C18H14O3/c19-15-13-11-7-3-1-5-9(11)10-6-2-4-8-12(10)14(13)17-18(21-17)16(15)20/h1-8,15-20H/t15-,16+,17-,18+/m1/s1. The number of aliphatic hydroxyl groups excluding tert-OH is 2. The summed E-state index contributed by atoms with van der Waals surface area (Å²) in [5.41, 5.74) is 1.88. The van der Waals surface area contributed by atoms with Crippen LogP contribution < -0.4 is 0 Å². The van der Waals surface area contributed by atoms with Crippen molar-refractivity contribution in [1.82, 2.24) is 0 Å². The fourth-order valence-corrected chi connectivity index (χ4v) is 3.79. The van der Waals surface area contributed by atoms with Crippen molar-refractivity contribution in [2.24, 2.45) is 0 Å². The second-order valence-electron chi connectivity index (χ2n) is 5.88. The minimum absolute atomic E-state index is 0.0899. The summed E-state index contributed by atoms with van der Waals surface area (Å²) in [6, 6.07) is 16.3. The summed E-state index contributed by atoms with van der Waals surface area (Å²) in [4.78, 5) is 0. The molecular weight excluding hydrogens is 264 g/mol. The van der Waals surface area contributed by atoms with E-state index in [0.29, 0.717) is 0 Å². The van der Waals surface area contributed by atoms with Gasteiger partial charge in [-0.3, -0.25) is 0 Å². The smallest absolute Gasteiger partial charge is 0.118 e. The Morgan fingerprint density at radius 1 is 0.714 bits per heavy atom. The fourth-order valence-electron chi connectivity index (χ4n) is 3.79. The zero-order chi connectivity index (χ0) is 14.1. The zero-order valence-electron chi connectivity index (χ0n) is 11.2. The molecule has 1 aliphatic heterocycles. The van der Waals surface area contributed by atoms with E-state index in [1.165, 1.54) is 5.39 Å². The molecule has 0 unspecified atom stereocenters. The van der Waals surface area contributed by atoms with Crippen molar-refractivity contribution in [2.75, 3.05) is 0 Å². The topological polar surface area (TPSA) is 53.0 Å².